The molecule has 1 amide bonds. The van der Waals surface area contributed by atoms with Gasteiger partial charge in [-0.3, -0.25) is 14.5 Å². The topological polar surface area (TPSA) is 54.3 Å². The molecule has 1 atom stereocenters. The van der Waals surface area contributed by atoms with Crippen LogP contribution in [0.5, 0.6) is 0 Å². The second-order valence-electron chi connectivity index (χ2n) is 6.28. The molecular weight excluding hydrogens is 338 g/mol. The molecule has 0 bridgehead atoms. The van der Waals surface area contributed by atoms with Gasteiger partial charge in [-0.05, 0) is 49.7 Å². The maximum absolute atomic E-state index is 12.3. The maximum Gasteiger partial charge on any atom is 0.250 e. The summed E-state index contributed by atoms with van der Waals surface area (Å²) in [5.74, 6) is -0.161. The number of carbonyl (C=O) groups excluding carboxylic acids is 1. The van der Waals surface area contributed by atoms with Crippen molar-refractivity contribution in [1.82, 2.24) is 14.8 Å². The van der Waals surface area contributed by atoms with Crippen LogP contribution >= 0.6 is 11.6 Å². The molecule has 1 saturated heterocycles. The molecular formula is C19H22ClN3O2. The minimum atomic E-state index is -0.175. The zero-order valence-corrected chi connectivity index (χ0v) is 14.8. The van der Waals surface area contributed by atoms with Gasteiger partial charge in [-0.25, -0.2) is 0 Å². The fourth-order valence-corrected chi connectivity index (χ4v) is 3.33. The molecule has 1 N–H and O–H groups in total. The fraction of sp³-hybridized carbons (Fsp3) is 0.368. The molecule has 0 spiro atoms. The minimum absolute atomic E-state index is 0.0347. The Morgan fingerprint density at radius 1 is 1.12 bits per heavy atom. The van der Waals surface area contributed by atoms with E-state index in [0.29, 0.717) is 11.6 Å². The first-order chi connectivity index (χ1) is 12.1. The van der Waals surface area contributed by atoms with Gasteiger partial charge in [0.15, 0.2) is 0 Å². The summed E-state index contributed by atoms with van der Waals surface area (Å²) in [6, 6.07) is 12.8. The lowest BCUT2D eigenvalue weighted by molar-refractivity contribution is -0.122. The Hall–Kier alpha value is -2.11. The van der Waals surface area contributed by atoms with Crippen LogP contribution in [0.3, 0.4) is 0 Å². The van der Waals surface area contributed by atoms with E-state index in [-0.39, 0.29) is 24.1 Å². The second-order valence-corrected chi connectivity index (χ2v) is 6.72. The van der Waals surface area contributed by atoms with Crippen LogP contribution in [-0.4, -0.2) is 35.0 Å². The highest BCUT2D eigenvalue weighted by Crippen LogP contribution is 2.25. The van der Waals surface area contributed by atoms with Crippen molar-refractivity contribution in [2.75, 3.05) is 19.6 Å². The number of carbonyl (C=O) groups is 1. The SMILES string of the molecule is O=C(Cn1ccccc1=O)NC[C@H](c1ccc(Cl)cc1)N1CCCC1. The first-order valence-electron chi connectivity index (χ1n) is 8.55. The van der Waals surface area contributed by atoms with Crippen LogP contribution in [0.2, 0.25) is 5.02 Å². The van der Waals surface area contributed by atoms with E-state index in [1.165, 1.54) is 23.5 Å². The van der Waals surface area contributed by atoms with Gasteiger partial charge in [0.1, 0.15) is 6.54 Å². The Labute approximate surface area is 152 Å². The molecule has 1 aliphatic heterocycles. The summed E-state index contributed by atoms with van der Waals surface area (Å²) < 4.78 is 1.41. The number of rotatable bonds is 6. The van der Waals surface area contributed by atoms with Gasteiger partial charge in [0.2, 0.25) is 5.91 Å². The fourth-order valence-electron chi connectivity index (χ4n) is 3.21. The van der Waals surface area contributed by atoms with Gasteiger partial charge in [-0.15, -0.1) is 0 Å². The molecule has 0 radical (unpaired) electrons. The van der Waals surface area contributed by atoms with E-state index < -0.39 is 0 Å². The summed E-state index contributed by atoms with van der Waals surface area (Å²) in [7, 11) is 0. The van der Waals surface area contributed by atoms with Crippen LogP contribution in [0.4, 0.5) is 0 Å². The Morgan fingerprint density at radius 2 is 1.84 bits per heavy atom. The van der Waals surface area contributed by atoms with Crippen LogP contribution in [0.25, 0.3) is 0 Å². The van der Waals surface area contributed by atoms with E-state index in [2.05, 4.69) is 10.2 Å². The lowest BCUT2D eigenvalue weighted by Crippen LogP contribution is -2.39. The molecule has 132 valence electrons. The minimum Gasteiger partial charge on any atom is -0.353 e. The summed E-state index contributed by atoms with van der Waals surface area (Å²) >= 11 is 5.99. The zero-order valence-electron chi connectivity index (χ0n) is 14.0. The van der Waals surface area contributed by atoms with Gasteiger partial charge in [-0.1, -0.05) is 29.8 Å². The van der Waals surface area contributed by atoms with Gasteiger partial charge in [-0.2, -0.15) is 0 Å². The zero-order chi connectivity index (χ0) is 17.6. The lowest BCUT2D eigenvalue weighted by atomic mass is 10.1. The summed E-state index contributed by atoms with van der Waals surface area (Å²) in [5, 5.41) is 3.68. The number of nitrogens with zero attached hydrogens (tertiary/aromatic N) is 2. The molecule has 0 unspecified atom stereocenters. The average molecular weight is 360 g/mol. The monoisotopic (exact) mass is 359 g/mol. The van der Waals surface area contributed by atoms with Crippen LogP contribution < -0.4 is 10.9 Å². The third-order valence-electron chi connectivity index (χ3n) is 4.54. The van der Waals surface area contributed by atoms with Crippen molar-refractivity contribution in [3.8, 4) is 0 Å². The van der Waals surface area contributed by atoms with E-state index in [4.69, 9.17) is 11.6 Å². The van der Waals surface area contributed by atoms with Gasteiger partial charge in [0, 0.05) is 23.8 Å². The Kier molecular flexibility index (Phi) is 5.89. The highest BCUT2D eigenvalue weighted by Gasteiger charge is 2.24. The van der Waals surface area contributed by atoms with Crippen LogP contribution in [0, 0.1) is 0 Å². The van der Waals surface area contributed by atoms with Crippen molar-refractivity contribution in [3.05, 3.63) is 69.6 Å². The number of hydrogen-bond acceptors (Lipinski definition) is 3. The molecule has 1 aromatic heterocycles. The van der Waals surface area contributed by atoms with Gasteiger partial charge >= 0.3 is 0 Å². The van der Waals surface area contributed by atoms with Crippen molar-refractivity contribution >= 4 is 17.5 Å². The highest BCUT2D eigenvalue weighted by atomic mass is 35.5. The number of aromatic nitrogens is 1. The van der Waals surface area contributed by atoms with E-state index in [0.717, 1.165) is 18.7 Å². The van der Waals surface area contributed by atoms with Crippen LogP contribution in [0.15, 0.2) is 53.5 Å². The Morgan fingerprint density at radius 3 is 2.52 bits per heavy atom. The molecule has 25 heavy (non-hydrogen) atoms. The normalized spacial score (nSPS) is 15.9. The molecule has 1 aromatic carbocycles. The second kappa shape index (κ2) is 8.32. The Balaban J connectivity index is 1.66. The van der Waals surface area contributed by atoms with Gasteiger partial charge in [0.25, 0.3) is 5.56 Å². The number of likely N-dealkylation sites (tertiary alicyclic amines) is 1. The lowest BCUT2D eigenvalue weighted by Gasteiger charge is -2.28. The summed E-state index contributed by atoms with van der Waals surface area (Å²) in [5.41, 5.74) is 0.968. The van der Waals surface area contributed by atoms with Crippen molar-refractivity contribution < 1.29 is 4.79 Å². The van der Waals surface area contributed by atoms with E-state index >= 15 is 0 Å². The van der Waals surface area contributed by atoms with Crippen molar-refractivity contribution in [2.45, 2.75) is 25.4 Å². The molecule has 2 aromatic rings. The smallest absolute Gasteiger partial charge is 0.250 e. The number of halogens is 1. The summed E-state index contributed by atoms with van der Waals surface area (Å²) in [6.45, 7) is 2.61. The molecule has 6 heteroatoms. The summed E-state index contributed by atoms with van der Waals surface area (Å²) in [6.07, 6.45) is 3.98. The summed E-state index contributed by atoms with van der Waals surface area (Å²) in [4.78, 5) is 26.4. The number of benzene rings is 1. The third kappa shape index (κ3) is 4.71. The maximum atomic E-state index is 12.3. The molecule has 5 nitrogen and oxygen atoms in total. The molecule has 0 aliphatic carbocycles. The van der Waals surface area contributed by atoms with E-state index in [1.54, 1.807) is 18.3 Å². The van der Waals surface area contributed by atoms with Crippen molar-refractivity contribution in [3.63, 3.8) is 0 Å². The van der Waals surface area contributed by atoms with Gasteiger partial charge in [0.05, 0.1) is 6.04 Å². The van der Waals surface area contributed by atoms with E-state index in [1.807, 2.05) is 24.3 Å². The predicted octanol–water partition coefficient (Wildman–Crippen LogP) is 2.46. The number of hydrogen-bond donors (Lipinski definition) is 1. The molecule has 1 aliphatic rings. The molecule has 3 rings (SSSR count). The standard InChI is InChI=1S/C19H22ClN3O2/c20-16-8-6-15(7-9-16)17(22-10-3-4-11-22)13-21-18(24)14-23-12-2-1-5-19(23)25/h1-2,5-9,12,17H,3-4,10-11,13-14H2,(H,21,24)/t17-/m1/s1. The largest absolute Gasteiger partial charge is 0.353 e. The molecule has 2 heterocycles. The molecule has 1 fully saturated rings. The van der Waals surface area contributed by atoms with Crippen molar-refractivity contribution in [2.24, 2.45) is 0 Å². The van der Waals surface area contributed by atoms with Crippen LogP contribution in [0.1, 0.15) is 24.4 Å². The number of nitrogens with one attached hydrogen (secondary N) is 1. The van der Waals surface area contributed by atoms with Crippen molar-refractivity contribution in [1.29, 1.82) is 0 Å². The molecule has 0 saturated carbocycles. The van der Waals surface area contributed by atoms with E-state index in [9.17, 15) is 9.59 Å². The first kappa shape index (κ1) is 17.7. The Bertz CT molecular complexity index is 767. The quantitative estimate of drug-likeness (QED) is 0.862. The van der Waals surface area contributed by atoms with Gasteiger partial charge < -0.3 is 9.88 Å². The predicted molar refractivity (Wildman–Crippen MR) is 98.7 cm³/mol. The highest BCUT2D eigenvalue weighted by molar-refractivity contribution is 6.30. The average Bonchev–Trinajstić information content (AvgIpc) is 3.13. The number of amides is 1. The number of pyridine rings is 1. The first-order valence-corrected chi connectivity index (χ1v) is 8.93. The third-order valence-corrected chi connectivity index (χ3v) is 4.79. The van der Waals surface area contributed by atoms with Crippen LogP contribution in [-0.2, 0) is 11.3 Å².